The predicted molar refractivity (Wildman–Crippen MR) is 66.0 cm³/mol. The van der Waals surface area contributed by atoms with Crippen molar-refractivity contribution in [3.8, 4) is 0 Å². The van der Waals surface area contributed by atoms with E-state index in [1.165, 1.54) is 12.8 Å². The molecule has 1 aliphatic rings. The summed E-state index contributed by atoms with van der Waals surface area (Å²) < 4.78 is 5.13. The van der Waals surface area contributed by atoms with Crippen molar-refractivity contribution in [2.75, 3.05) is 31.4 Å². The molecule has 1 saturated heterocycles. The molecule has 4 nitrogen and oxygen atoms in total. The SMILES string of the molecule is COCc1cc(N2CCCC2)nc(SC)n1. The largest absolute Gasteiger partial charge is 0.378 e. The van der Waals surface area contributed by atoms with Crippen molar-refractivity contribution in [3.63, 3.8) is 0 Å². The monoisotopic (exact) mass is 239 g/mol. The van der Waals surface area contributed by atoms with E-state index in [2.05, 4.69) is 14.9 Å². The second-order valence-corrected chi connectivity index (χ2v) is 4.60. The molecule has 5 heteroatoms. The summed E-state index contributed by atoms with van der Waals surface area (Å²) in [5.41, 5.74) is 0.962. The molecule has 2 heterocycles. The Morgan fingerprint density at radius 3 is 2.75 bits per heavy atom. The minimum Gasteiger partial charge on any atom is -0.378 e. The van der Waals surface area contributed by atoms with E-state index in [9.17, 15) is 0 Å². The van der Waals surface area contributed by atoms with Crippen LogP contribution in [-0.4, -0.2) is 36.4 Å². The number of ether oxygens (including phenoxy) is 1. The third-order valence-electron chi connectivity index (χ3n) is 2.65. The van der Waals surface area contributed by atoms with Gasteiger partial charge in [-0.05, 0) is 19.1 Å². The topological polar surface area (TPSA) is 38.2 Å². The zero-order valence-electron chi connectivity index (χ0n) is 9.77. The van der Waals surface area contributed by atoms with Crippen molar-refractivity contribution < 1.29 is 4.74 Å². The van der Waals surface area contributed by atoms with Crippen molar-refractivity contribution in [1.29, 1.82) is 0 Å². The van der Waals surface area contributed by atoms with Crippen LogP contribution in [0, 0.1) is 0 Å². The van der Waals surface area contributed by atoms with Gasteiger partial charge in [0.1, 0.15) is 5.82 Å². The molecule has 1 aromatic rings. The third-order valence-corrected chi connectivity index (χ3v) is 3.20. The number of aromatic nitrogens is 2. The molecule has 0 saturated carbocycles. The Bertz CT molecular complexity index is 353. The minimum atomic E-state index is 0.553. The molecule has 0 amide bonds. The van der Waals surface area contributed by atoms with Gasteiger partial charge in [-0.15, -0.1) is 0 Å². The molecule has 0 bridgehead atoms. The average Bonchev–Trinajstić information content (AvgIpc) is 2.82. The van der Waals surface area contributed by atoms with Crippen LogP contribution in [-0.2, 0) is 11.3 Å². The Hall–Kier alpha value is -0.810. The molecule has 0 spiro atoms. The zero-order valence-corrected chi connectivity index (χ0v) is 10.6. The fraction of sp³-hybridized carbons (Fsp3) is 0.636. The quantitative estimate of drug-likeness (QED) is 0.593. The molecule has 0 aromatic carbocycles. The van der Waals surface area contributed by atoms with Gasteiger partial charge < -0.3 is 9.64 Å². The molecule has 2 rings (SSSR count). The second-order valence-electron chi connectivity index (χ2n) is 3.83. The summed E-state index contributed by atoms with van der Waals surface area (Å²) >= 11 is 1.58. The number of rotatable bonds is 4. The Labute approximate surface area is 100 Å². The predicted octanol–water partition coefficient (Wildman–Crippen LogP) is 1.95. The van der Waals surface area contributed by atoms with Gasteiger partial charge in [0.2, 0.25) is 0 Å². The number of nitrogens with zero attached hydrogens (tertiary/aromatic N) is 3. The highest BCUT2D eigenvalue weighted by molar-refractivity contribution is 7.98. The first-order chi connectivity index (χ1) is 7.83. The van der Waals surface area contributed by atoms with Crippen molar-refractivity contribution in [3.05, 3.63) is 11.8 Å². The molecule has 16 heavy (non-hydrogen) atoms. The van der Waals surface area contributed by atoms with Gasteiger partial charge >= 0.3 is 0 Å². The Kier molecular flexibility index (Phi) is 4.01. The molecule has 1 fully saturated rings. The molecular formula is C11H17N3OS. The van der Waals surface area contributed by atoms with E-state index in [0.717, 1.165) is 29.8 Å². The summed E-state index contributed by atoms with van der Waals surface area (Å²) in [5, 5.41) is 0.830. The summed E-state index contributed by atoms with van der Waals surface area (Å²) in [5.74, 6) is 1.05. The van der Waals surface area contributed by atoms with Gasteiger partial charge in [0, 0.05) is 26.3 Å². The van der Waals surface area contributed by atoms with Gasteiger partial charge in [-0.1, -0.05) is 11.8 Å². The number of anilines is 1. The fourth-order valence-electron chi connectivity index (χ4n) is 1.88. The summed E-state index contributed by atoms with van der Waals surface area (Å²) in [6.45, 7) is 2.77. The number of hydrogen-bond donors (Lipinski definition) is 0. The van der Waals surface area contributed by atoms with E-state index in [0.29, 0.717) is 6.61 Å². The van der Waals surface area contributed by atoms with Gasteiger partial charge in [-0.25, -0.2) is 9.97 Å². The fourth-order valence-corrected chi connectivity index (χ4v) is 2.27. The maximum absolute atomic E-state index is 5.13. The van der Waals surface area contributed by atoms with Crippen LogP contribution in [0.5, 0.6) is 0 Å². The Morgan fingerprint density at radius 2 is 2.12 bits per heavy atom. The van der Waals surface area contributed by atoms with Crippen LogP contribution in [0.25, 0.3) is 0 Å². The molecule has 88 valence electrons. The van der Waals surface area contributed by atoms with E-state index in [1.54, 1.807) is 18.9 Å². The minimum absolute atomic E-state index is 0.553. The number of hydrogen-bond acceptors (Lipinski definition) is 5. The molecule has 0 radical (unpaired) electrons. The van der Waals surface area contributed by atoms with Crippen LogP contribution in [0.3, 0.4) is 0 Å². The average molecular weight is 239 g/mol. The molecule has 1 aromatic heterocycles. The van der Waals surface area contributed by atoms with Crippen molar-refractivity contribution in [2.45, 2.75) is 24.6 Å². The van der Waals surface area contributed by atoms with Crippen LogP contribution in [0.15, 0.2) is 11.2 Å². The highest BCUT2D eigenvalue weighted by Crippen LogP contribution is 2.21. The van der Waals surface area contributed by atoms with Gasteiger partial charge in [-0.2, -0.15) is 0 Å². The van der Waals surface area contributed by atoms with Crippen molar-refractivity contribution in [2.24, 2.45) is 0 Å². The first kappa shape index (κ1) is 11.7. The summed E-state index contributed by atoms with van der Waals surface area (Å²) in [4.78, 5) is 11.3. The normalized spacial score (nSPS) is 15.8. The summed E-state index contributed by atoms with van der Waals surface area (Å²) in [7, 11) is 1.69. The summed E-state index contributed by atoms with van der Waals surface area (Å²) in [6, 6.07) is 2.04. The standard InChI is InChI=1S/C11H17N3OS/c1-15-8-9-7-10(13-11(12-9)16-2)14-5-3-4-6-14/h7H,3-6,8H2,1-2H3. The smallest absolute Gasteiger partial charge is 0.189 e. The Balaban J connectivity index is 2.24. The number of thioether (sulfide) groups is 1. The van der Waals surface area contributed by atoms with Gasteiger partial charge in [0.05, 0.1) is 12.3 Å². The lowest BCUT2D eigenvalue weighted by atomic mass is 10.4. The third kappa shape index (κ3) is 2.65. The zero-order chi connectivity index (χ0) is 11.4. The lowest BCUT2D eigenvalue weighted by molar-refractivity contribution is 0.181. The lowest BCUT2D eigenvalue weighted by Crippen LogP contribution is -2.19. The first-order valence-electron chi connectivity index (χ1n) is 5.49. The van der Waals surface area contributed by atoms with E-state index in [4.69, 9.17) is 4.74 Å². The molecule has 1 aliphatic heterocycles. The van der Waals surface area contributed by atoms with Crippen LogP contribution in [0.2, 0.25) is 0 Å². The lowest BCUT2D eigenvalue weighted by Gasteiger charge is -2.17. The number of methoxy groups -OCH3 is 1. The van der Waals surface area contributed by atoms with Gasteiger partial charge in [-0.3, -0.25) is 0 Å². The highest BCUT2D eigenvalue weighted by atomic mass is 32.2. The highest BCUT2D eigenvalue weighted by Gasteiger charge is 2.15. The first-order valence-corrected chi connectivity index (χ1v) is 6.72. The molecule has 0 unspecified atom stereocenters. The maximum Gasteiger partial charge on any atom is 0.189 e. The van der Waals surface area contributed by atoms with Crippen LogP contribution >= 0.6 is 11.8 Å². The second kappa shape index (κ2) is 5.50. The van der Waals surface area contributed by atoms with Crippen LogP contribution in [0.1, 0.15) is 18.5 Å². The molecule has 0 atom stereocenters. The van der Waals surface area contributed by atoms with E-state index in [-0.39, 0.29) is 0 Å². The van der Waals surface area contributed by atoms with E-state index < -0.39 is 0 Å². The van der Waals surface area contributed by atoms with E-state index >= 15 is 0 Å². The van der Waals surface area contributed by atoms with Crippen molar-refractivity contribution in [1.82, 2.24) is 9.97 Å². The molecule has 0 N–H and O–H groups in total. The molecule has 0 aliphatic carbocycles. The van der Waals surface area contributed by atoms with Crippen molar-refractivity contribution >= 4 is 17.6 Å². The van der Waals surface area contributed by atoms with E-state index in [1.807, 2.05) is 12.3 Å². The van der Waals surface area contributed by atoms with Crippen LogP contribution in [0.4, 0.5) is 5.82 Å². The molecular weight excluding hydrogens is 222 g/mol. The van der Waals surface area contributed by atoms with Gasteiger partial charge in [0.25, 0.3) is 0 Å². The summed E-state index contributed by atoms with van der Waals surface area (Å²) in [6.07, 6.45) is 4.52. The Morgan fingerprint density at radius 1 is 1.38 bits per heavy atom. The van der Waals surface area contributed by atoms with Crippen LogP contribution < -0.4 is 4.90 Å². The maximum atomic E-state index is 5.13. The van der Waals surface area contributed by atoms with Gasteiger partial charge in [0.15, 0.2) is 5.16 Å².